The number of halogens is 3. The number of carbonyl (C=O) groups is 4. The van der Waals surface area contributed by atoms with Crippen molar-refractivity contribution in [1.29, 1.82) is 0 Å². The number of aromatic nitrogens is 2. The third-order valence-corrected chi connectivity index (χ3v) is 13.7. The number of piperazine rings is 1. The molecule has 7 rings (SSSR count). The molecule has 4 N–H and O–H groups in total. The molecule has 4 heterocycles. The van der Waals surface area contributed by atoms with Gasteiger partial charge in [0.15, 0.2) is 0 Å². The summed E-state index contributed by atoms with van der Waals surface area (Å²) in [5.41, 5.74) is 3.13. The number of anilines is 6. The van der Waals surface area contributed by atoms with E-state index in [1.54, 1.807) is 42.5 Å². The van der Waals surface area contributed by atoms with Gasteiger partial charge in [-0.15, -0.1) is 0 Å². The zero-order chi connectivity index (χ0) is 47.7. The summed E-state index contributed by atoms with van der Waals surface area (Å²) in [5.74, 6) is -1.66. The third-order valence-electron chi connectivity index (χ3n) is 12.5. The largest absolute Gasteiger partial charge is 0.421 e. The highest BCUT2D eigenvalue weighted by molar-refractivity contribution is 7.92. The fourth-order valence-electron chi connectivity index (χ4n) is 8.64. The summed E-state index contributed by atoms with van der Waals surface area (Å²) in [6.07, 6.45) is 5.16. The molecular formula is C47H57F3N10O6S. The minimum atomic E-state index is -4.73. The number of imide groups is 1. The number of alkyl halides is 3. The fraction of sp³-hybridized carbons (Fsp3) is 0.447. The van der Waals surface area contributed by atoms with Gasteiger partial charge >= 0.3 is 6.18 Å². The van der Waals surface area contributed by atoms with Crippen LogP contribution in [0.1, 0.15) is 91.3 Å². The Labute approximate surface area is 388 Å². The second kappa shape index (κ2) is 21.6. The van der Waals surface area contributed by atoms with E-state index >= 15 is 0 Å². The van der Waals surface area contributed by atoms with E-state index < -0.39 is 39.5 Å². The smallest absolute Gasteiger partial charge is 0.369 e. The first-order chi connectivity index (χ1) is 32.0. The van der Waals surface area contributed by atoms with Crippen LogP contribution in [-0.2, 0) is 43.7 Å². The second-order valence-electron chi connectivity index (χ2n) is 17.2. The number of rotatable bonds is 20. The summed E-state index contributed by atoms with van der Waals surface area (Å²) in [4.78, 5) is 64.3. The summed E-state index contributed by atoms with van der Waals surface area (Å²) < 4.78 is 67.3. The van der Waals surface area contributed by atoms with Crippen molar-refractivity contribution in [3.8, 4) is 0 Å². The molecule has 0 saturated carbocycles. The molecule has 0 bridgehead atoms. The average Bonchev–Trinajstić information content (AvgIpc) is 3.63. The minimum absolute atomic E-state index is 0.0318. The normalized spacial score (nSPS) is 16.7. The van der Waals surface area contributed by atoms with Gasteiger partial charge in [-0.05, 0) is 73.8 Å². The van der Waals surface area contributed by atoms with Crippen molar-refractivity contribution < 1.29 is 40.8 Å². The minimum Gasteiger partial charge on any atom is -0.369 e. The standard InChI is InChI=1S/C47H57F3N10O6S/c1-57(67(2,65)66)39-16-10-9-13-32(39)29-51-43-37(47(48,49)50)30-52-46(56-43)53-33-18-20-34(21-19-33)59-27-25-58(26-28-59)24-11-7-5-3-4-6-8-17-41(61)54-38-15-12-14-35-36(38)31-60(45(35)64)40-22-23-42(62)55-44(40)63/h9-10,12-16,18-21,30,40H,3-8,11,17,22-29,31H2,1-2H3,(H,54,61)(H,55,62,63)(H2,51,52,53,56). The lowest BCUT2D eigenvalue weighted by Crippen LogP contribution is -2.52. The number of sulfonamides is 1. The number of carbonyl (C=O) groups excluding carboxylic acids is 4. The first-order valence-corrected chi connectivity index (χ1v) is 24.5. The Morgan fingerprint density at radius 3 is 2.30 bits per heavy atom. The van der Waals surface area contributed by atoms with Gasteiger partial charge in [0.25, 0.3) is 5.91 Å². The van der Waals surface area contributed by atoms with Gasteiger partial charge < -0.3 is 25.8 Å². The Morgan fingerprint density at radius 2 is 1.60 bits per heavy atom. The van der Waals surface area contributed by atoms with Crippen molar-refractivity contribution in [2.45, 2.75) is 89.5 Å². The Bertz CT molecular complexity index is 2540. The fourth-order valence-corrected chi connectivity index (χ4v) is 9.18. The molecule has 0 radical (unpaired) electrons. The molecule has 2 fully saturated rings. The maximum Gasteiger partial charge on any atom is 0.421 e. The third kappa shape index (κ3) is 12.6. The summed E-state index contributed by atoms with van der Waals surface area (Å²) in [6.45, 7) is 4.73. The summed E-state index contributed by atoms with van der Waals surface area (Å²) in [6, 6.07) is 18.6. The van der Waals surface area contributed by atoms with Crippen LogP contribution in [0.15, 0.2) is 72.9 Å². The van der Waals surface area contributed by atoms with E-state index in [1.807, 2.05) is 24.3 Å². The highest BCUT2D eigenvalue weighted by Gasteiger charge is 2.40. The molecule has 1 atom stereocenters. The van der Waals surface area contributed by atoms with Gasteiger partial charge in [0.05, 0.1) is 11.9 Å². The van der Waals surface area contributed by atoms with Gasteiger partial charge in [-0.1, -0.05) is 56.4 Å². The van der Waals surface area contributed by atoms with E-state index in [-0.39, 0.29) is 49.6 Å². The van der Waals surface area contributed by atoms with E-state index in [4.69, 9.17) is 0 Å². The van der Waals surface area contributed by atoms with Crippen LogP contribution >= 0.6 is 0 Å². The summed E-state index contributed by atoms with van der Waals surface area (Å²) in [5, 5.41) is 11.0. The molecule has 3 aliphatic rings. The molecule has 20 heteroatoms. The number of benzene rings is 3. The number of unbranched alkanes of at least 4 members (excludes halogenated alkanes) is 6. The second-order valence-corrected chi connectivity index (χ2v) is 19.2. The molecule has 4 amide bonds. The van der Waals surface area contributed by atoms with Crippen LogP contribution in [0.2, 0.25) is 0 Å². The first-order valence-electron chi connectivity index (χ1n) is 22.7. The van der Waals surface area contributed by atoms with Crippen LogP contribution in [0.25, 0.3) is 0 Å². The Hall–Kier alpha value is -6.28. The molecule has 3 aromatic carbocycles. The van der Waals surface area contributed by atoms with E-state index in [0.717, 1.165) is 100 Å². The maximum atomic E-state index is 14.0. The molecule has 3 aliphatic heterocycles. The SMILES string of the molecule is CN(c1ccccc1CNc1nc(Nc2ccc(N3CCN(CCCCCCCCCC(=O)Nc4cccc5c4CN(C4CCC(=O)NC4=O)C5=O)CC3)cc2)ncc1C(F)(F)F)S(C)(=O)=O. The lowest BCUT2D eigenvalue weighted by molar-refractivity contribution is -0.138. The van der Waals surface area contributed by atoms with Crippen molar-refractivity contribution in [1.82, 2.24) is 25.1 Å². The van der Waals surface area contributed by atoms with E-state index in [9.17, 15) is 40.8 Å². The molecule has 2 saturated heterocycles. The molecular weight excluding hydrogens is 890 g/mol. The highest BCUT2D eigenvalue weighted by atomic mass is 32.2. The molecule has 1 unspecified atom stereocenters. The number of nitrogens with one attached hydrogen (secondary N) is 4. The summed E-state index contributed by atoms with van der Waals surface area (Å²) >= 11 is 0. The molecule has 358 valence electrons. The lowest BCUT2D eigenvalue weighted by atomic mass is 10.0. The van der Waals surface area contributed by atoms with E-state index in [0.29, 0.717) is 40.2 Å². The number of hydrogen-bond donors (Lipinski definition) is 4. The number of hydrogen-bond acceptors (Lipinski definition) is 12. The van der Waals surface area contributed by atoms with Crippen LogP contribution < -0.4 is 30.5 Å². The lowest BCUT2D eigenvalue weighted by Gasteiger charge is -2.36. The van der Waals surface area contributed by atoms with Gasteiger partial charge in [0.1, 0.15) is 17.4 Å². The summed E-state index contributed by atoms with van der Waals surface area (Å²) in [7, 11) is -2.22. The van der Waals surface area contributed by atoms with E-state index in [2.05, 4.69) is 41.0 Å². The number of nitrogens with zero attached hydrogens (tertiary/aromatic N) is 6. The van der Waals surface area contributed by atoms with Crippen molar-refractivity contribution in [2.24, 2.45) is 0 Å². The molecule has 67 heavy (non-hydrogen) atoms. The van der Waals surface area contributed by atoms with E-state index in [1.165, 1.54) is 11.9 Å². The van der Waals surface area contributed by atoms with Gasteiger partial charge in [-0.25, -0.2) is 13.4 Å². The monoisotopic (exact) mass is 946 g/mol. The maximum absolute atomic E-state index is 14.0. The number of piperidine rings is 1. The number of para-hydroxylation sites is 1. The number of fused-ring (bicyclic) bond motifs is 1. The predicted molar refractivity (Wildman–Crippen MR) is 250 cm³/mol. The molecule has 1 aromatic heterocycles. The molecule has 0 aliphatic carbocycles. The Kier molecular flexibility index (Phi) is 15.7. The molecule has 0 spiro atoms. The molecule has 16 nitrogen and oxygen atoms in total. The highest BCUT2D eigenvalue weighted by Crippen LogP contribution is 2.36. The van der Waals surface area contributed by atoms with Gasteiger partial charge in [-0.2, -0.15) is 18.2 Å². The Balaban J connectivity index is 0.774. The van der Waals surface area contributed by atoms with Crippen molar-refractivity contribution in [3.05, 3.63) is 95.2 Å². The predicted octanol–water partition coefficient (Wildman–Crippen LogP) is 6.89. The molecule has 4 aromatic rings. The van der Waals surface area contributed by atoms with Crippen molar-refractivity contribution >= 4 is 68.2 Å². The average molecular weight is 947 g/mol. The quantitative estimate of drug-likeness (QED) is 0.0532. The van der Waals surface area contributed by atoms with Crippen LogP contribution in [0.3, 0.4) is 0 Å². The van der Waals surface area contributed by atoms with Crippen LogP contribution in [0.4, 0.5) is 47.7 Å². The van der Waals surface area contributed by atoms with Crippen LogP contribution in [0.5, 0.6) is 0 Å². The van der Waals surface area contributed by atoms with Crippen LogP contribution in [-0.4, -0.2) is 104 Å². The zero-order valence-corrected chi connectivity index (χ0v) is 38.5. The van der Waals surface area contributed by atoms with Crippen LogP contribution in [0, 0.1) is 0 Å². The Morgan fingerprint density at radius 1 is 0.896 bits per heavy atom. The van der Waals surface area contributed by atoms with Gasteiger partial charge in [0, 0.05) is 93.5 Å². The topological polar surface area (TPSA) is 189 Å². The van der Waals surface area contributed by atoms with Crippen molar-refractivity contribution in [2.75, 3.05) is 71.2 Å². The number of amides is 4. The van der Waals surface area contributed by atoms with Crippen molar-refractivity contribution in [3.63, 3.8) is 0 Å². The zero-order valence-electron chi connectivity index (χ0n) is 37.7. The van der Waals surface area contributed by atoms with Gasteiger partial charge in [-0.3, -0.25) is 33.7 Å². The van der Waals surface area contributed by atoms with Gasteiger partial charge in [0.2, 0.25) is 33.7 Å². The first kappa shape index (κ1) is 48.6.